The summed E-state index contributed by atoms with van der Waals surface area (Å²) in [6, 6.07) is 0. The van der Waals surface area contributed by atoms with Crippen molar-refractivity contribution < 1.29 is 9.90 Å². The highest BCUT2D eigenvalue weighted by Crippen LogP contribution is 2.21. The standard InChI is InChI=1S/C14H18N2O4/c1-9(17)11-12(18)15-14(20)16(13(11)19)8-7-10-5-3-2-4-6-10/h5,19H,2-4,6-8H2,1H3,(H,15,18,20). The number of Topliss-reactive ketones (excluding diaryl/α,β-unsaturated/α-hetero) is 1. The highest BCUT2D eigenvalue weighted by Gasteiger charge is 2.17. The Balaban J connectivity index is 2.30. The maximum Gasteiger partial charge on any atom is 0.331 e. The molecular weight excluding hydrogens is 260 g/mol. The molecule has 0 unspecified atom stereocenters. The van der Waals surface area contributed by atoms with E-state index in [1.807, 2.05) is 0 Å². The average molecular weight is 278 g/mol. The van der Waals surface area contributed by atoms with Crippen LogP contribution in [0.15, 0.2) is 21.2 Å². The van der Waals surface area contributed by atoms with E-state index in [0.29, 0.717) is 6.42 Å². The van der Waals surface area contributed by atoms with Gasteiger partial charge in [0, 0.05) is 6.54 Å². The number of aromatic hydroxyl groups is 1. The zero-order chi connectivity index (χ0) is 14.7. The van der Waals surface area contributed by atoms with Gasteiger partial charge in [-0.2, -0.15) is 0 Å². The van der Waals surface area contributed by atoms with Crippen molar-refractivity contribution >= 4 is 5.78 Å². The van der Waals surface area contributed by atoms with Crippen molar-refractivity contribution in [3.8, 4) is 5.88 Å². The summed E-state index contributed by atoms with van der Waals surface area (Å²) < 4.78 is 1.05. The molecule has 2 N–H and O–H groups in total. The summed E-state index contributed by atoms with van der Waals surface area (Å²) in [5, 5.41) is 9.95. The Morgan fingerprint density at radius 2 is 2.15 bits per heavy atom. The quantitative estimate of drug-likeness (QED) is 0.642. The molecule has 20 heavy (non-hydrogen) atoms. The summed E-state index contributed by atoms with van der Waals surface area (Å²) in [6.45, 7) is 1.44. The number of hydrogen-bond acceptors (Lipinski definition) is 4. The molecule has 0 bridgehead atoms. The Bertz CT molecular complexity index is 667. The van der Waals surface area contributed by atoms with Crippen molar-refractivity contribution in [3.63, 3.8) is 0 Å². The Labute approximate surface area is 115 Å². The van der Waals surface area contributed by atoms with E-state index in [1.165, 1.54) is 18.9 Å². The molecule has 1 heterocycles. The lowest BCUT2D eigenvalue weighted by atomic mass is 9.97. The molecule has 6 heteroatoms. The molecule has 0 atom stereocenters. The highest BCUT2D eigenvalue weighted by atomic mass is 16.3. The van der Waals surface area contributed by atoms with E-state index in [1.54, 1.807) is 0 Å². The third kappa shape index (κ3) is 2.89. The lowest BCUT2D eigenvalue weighted by Gasteiger charge is -2.14. The van der Waals surface area contributed by atoms with Gasteiger partial charge in [-0.1, -0.05) is 11.6 Å². The lowest BCUT2D eigenvalue weighted by molar-refractivity contribution is 0.101. The number of rotatable bonds is 4. The molecule has 2 rings (SSSR count). The molecule has 1 aromatic heterocycles. The zero-order valence-corrected chi connectivity index (χ0v) is 11.4. The predicted octanol–water partition coefficient (Wildman–Crippen LogP) is 1.34. The number of carbonyl (C=O) groups excluding carboxylic acids is 1. The van der Waals surface area contributed by atoms with Gasteiger partial charge in [0.25, 0.3) is 5.56 Å². The van der Waals surface area contributed by atoms with Crippen LogP contribution in [-0.2, 0) is 6.54 Å². The molecule has 108 valence electrons. The first-order valence-corrected chi connectivity index (χ1v) is 6.75. The summed E-state index contributed by atoms with van der Waals surface area (Å²) in [6.07, 6.45) is 7.15. The smallest absolute Gasteiger partial charge is 0.331 e. The van der Waals surface area contributed by atoms with Crippen molar-refractivity contribution in [1.29, 1.82) is 0 Å². The van der Waals surface area contributed by atoms with Crippen molar-refractivity contribution in [2.45, 2.75) is 45.6 Å². The van der Waals surface area contributed by atoms with E-state index >= 15 is 0 Å². The zero-order valence-electron chi connectivity index (χ0n) is 11.4. The van der Waals surface area contributed by atoms with Crippen LogP contribution in [0.2, 0.25) is 0 Å². The first kappa shape index (κ1) is 14.3. The molecule has 0 saturated heterocycles. The third-order valence-electron chi connectivity index (χ3n) is 3.57. The van der Waals surface area contributed by atoms with Crippen LogP contribution >= 0.6 is 0 Å². The second-order valence-corrected chi connectivity index (χ2v) is 5.02. The van der Waals surface area contributed by atoms with Gasteiger partial charge in [-0.05, 0) is 39.0 Å². The monoisotopic (exact) mass is 278 g/mol. The van der Waals surface area contributed by atoms with Gasteiger partial charge in [0.15, 0.2) is 5.78 Å². The number of allylic oxidation sites excluding steroid dienone is 2. The number of aromatic amines is 1. The van der Waals surface area contributed by atoms with Crippen molar-refractivity contribution in [1.82, 2.24) is 9.55 Å². The minimum absolute atomic E-state index is 0.257. The van der Waals surface area contributed by atoms with E-state index < -0.39 is 22.9 Å². The molecule has 1 aromatic rings. The van der Waals surface area contributed by atoms with Crippen molar-refractivity contribution in [2.24, 2.45) is 0 Å². The number of nitrogens with one attached hydrogen (secondary N) is 1. The van der Waals surface area contributed by atoms with Crippen molar-refractivity contribution in [2.75, 3.05) is 0 Å². The van der Waals surface area contributed by atoms with Gasteiger partial charge in [0.1, 0.15) is 5.56 Å². The molecule has 6 nitrogen and oxygen atoms in total. The van der Waals surface area contributed by atoms with Gasteiger partial charge >= 0.3 is 5.69 Å². The fraction of sp³-hybridized carbons (Fsp3) is 0.500. The van der Waals surface area contributed by atoms with Crippen molar-refractivity contribution in [3.05, 3.63) is 38.1 Å². The highest BCUT2D eigenvalue weighted by molar-refractivity contribution is 5.95. The number of carbonyl (C=O) groups is 1. The Morgan fingerprint density at radius 3 is 2.75 bits per heavy atom. The van der Waals surface area contributed by atoms with Crippen LogP contribution in [0.3, 0.4) is 0 Å². The van der Waals surface area contributed by atoms with E-state index in [0.717, 1.165) is 23.8 Å². The first-order valence-electron chi connectivity index (χ1n) is 6.75. The minimum Gasteiger partial charge on any atom is -0.494 e. The summed E-state index contributed by atoms with van der Waals surface area (Å²) >= 11 is 0. The van der Waals surface area contributed by atoms with Crippen LogP contribution in [0, 0.1) is 0 Å². The maximum absolute atomic E-state index is 11.7. The van der Waals surface area contributed by atoms with Crippen LogP contribution < -0.4 is 11.2 Å². The van der Waals surface area contributed by atoms with Crippen LogP contribution in [-0.4, -0.2) is 20.4 Å². The van der Waals surface area contributed by atoms with E-state index in [2.05, 4.69) is 11.1 Å². The van der Waals surface area contributed by atoms with Crippen LogP contribution in [0.25, 0.3) is 0 Å². The number of H-pyrrole nitrogens is 1. The molecule has 0 saturated carbocycles. The van der Waals surface area contributed by atoms with Gasteiger partial charge in [-0.25, -0.2) is 4.79 Å². The normalized spacial score (nSPS) is 14.9. The molecule has 0 amide bonds. The van der Waals surface area contributed by atoms with Crippen LogP contribution in [0.4, 0.5) is 0 Å². The second-order valence-electron chi connectivity index (χ2n) is 5.02. The summed E-state index contributed by atoms with van der Waals surface area (Å²) in [5.74, 6) is -1.10. The van der Waals surface area contributed by atoms with Gasteiger partial charge in [0.2, 0.25) is 5.88 Å². The topological polar surface area (TPSA) is 92.2 Å². The number of hydrogen-bond donors (Lipinski definition) is 2. The van der Waals surface area contributed by atoms with Gasteiger partial charge in [0.05, 0.1) is 0 Å². The lowest BCUT2D eigenvalue weighted by Crippen LogP contribution is -2.33. The Hall–Kier alpha value is -2.11. The fourth-order valence-corrected chi connectivity index (χ4v) is 2.47. The van der Waals surface area contributed by atoms with Gasteiger partial charge in [-0.3, -0.25) is 19.1 Å². The second kappa shape index (κ2) is 5.90. The SMILES string of the molecule is CC(=O)c1c(O)n(CCC2=CCCCC2)c(=O)[nH]c1=O. The molecule has 0 spiro atoms. The number of ketones is 1. The summed E-state index contributed by atoms with van der Waals surface area (Å²) in [7, 11) is 0. The third-order valence-corrected chi connectivity index (χ3v) is 3.57. The molecule has 0 aromatic carbocycles. The Morgan fingerprint density at radius 1 is 1.40 bits per heavy atom. The van der Waals surface area contributed by atoms with E-state index in [4.69, 9.17) is 0 Å². The predicted molar refractivity (Wildman–Crippen MR) is 74.2 cm³/mol. The molecule has 0 fully saturated rings. The Kier molecular flexibility index (Phi) is 4.22. The summed E-state index contributed by atoms with van der Waals surface area (Å²) in [5.41, 5.74) is -0.637. The average Bonchev–Trinajstić information content (AvgIpc) is 2.38. The minimum atomic E-state index is -0.840. The maximum atomic E-state index is 11.7. The van der Waals surface area contributed by atoms with Gasteiger partial charge < -0.3 is 5.11 Å². The van der Waals surface area contributed by atoms with E-state index in [-0.39, 0.29) is 12.1 Å². The van der Waals surface area contributed by atoms with E-state index in [9.17, 15) is 19.5 Å². The molecule has 1 aliphatic rings. The van der Waals surface area contributed by atoms with Crippen LogP contribution in [0.5, 0.6) is 5.88 Å². The van der Waals surface area contributed by atoms with Crippen LogP contribution in [0.1, 0.15) is 49.4 Å². The molecule has 0 radical (unpaired) electrons. The summed E-state index contributed by atoms with van der Waals surface area (Å²) in [4.78, 5) is 36.6. The number of aromatic nitrogens is 2. The molecular formula is C14H18N2O4. The van der Waals surface area contributed by atoms with Gasteiger partial charge in [-0.15, -0.1) is 0 Å². The number of nitrogens with zero attached hydrogens (tertiary/aromatic N) is 1. The first-order chi connectivity index (χ1) is 9.50. The fourth-order valence-electron chi connectivity index (χ4n) is 2.47. The molecule has 0 aliphatic heterocycles. The largest absolute Gasteiger partial charge is 0.494 e. The molecule has 1 aliphatic carbocycles.